The van der Waals surface area contributed by atoms with Crippen molar-refractivity contribution in [1.29, 1.82) is 0 Å². The van der Waals surface area contributed by atoms with Crippen molar-refractivity contribution >= 4 is 27.8 Å². The van der Waals surface area contributed by atoms with E-state index in [1.165, 1.54) is 6.08 Å². The van der Waals surface area contributed by atoms with Crippen molar-refractivity contribution < 1.29 is 13.9 Å². The van der Waals surface area contributed by atoms with Gasteiger partial charge in [-0.2, -0.15) is 0 Å². The smallest absolute Gasteiger partial charge is 0.186 e. The number of allylic oxidation sites excluding steroid dienone is 1. The SMILES string of the molecule is O=C(/C=C/c1ccc(COc2ccc(Br)cc2)o1)c1cccc(-n2cccc2)c1. The van der Waals surface area contributed by atoms with Gasteiger partial charge < -0.3 is 13.7 Å². The predicted octanol–water partition coefficient (Wildman–Crippen LogP) is 6.31. The topological polar surface area (TPSA) is 44.4 Å². The van der Waals surface area contributed by atoms with Crippen LogP contribution in [0.3, 0.4) is 0 Å². The lowest BCUT2D eigenvalue weighted by atomic mass is 10.1. The maximum atomic E-state index is 12.5. The van der Waals surface area contributed by atoms with E-state index < -0.39 is 0 Å². The van der Waals surface area contributed by atoms with Gasteiger partial charge in [-0.05, 0) is 72.8 Å². The monoisotopic (exact) mass is 447 g/mol. The average Bonchev–Trinajstić information content (AvgIpc) is 3.44. The zero-order valence-corrected chi connectivity index (χ0v) is 17.1. The zero-order chi connectivity index (χ0) is 20.1. The standard InChI is InChI=1S/C24H18BrNO3/c25-19-6-8-21(9-7-19)28-17-23-11-10-22(29-23)12-13-24(27)18-4-3-5-20(16-18)26-14-1-2-15-26/h1-16H,17H2/b13-12+. The number of hydrogen-bond donors (Lipinski definition) is 0. The van der Waals surface area contributed by atoms with E-state index in [4.69, 9.17) is 9.15 Å². The van der Waals surface area contributed by atoms with Gasteiger partial charge in [-0.15, -0.1) is 0 Å². The summed E-state index contributed by atoms with van der Waals surface area (Å²) in [6.45, 7) is 0.322. The Labute approximate surface area is 177 Å². The molecule has 2 aromatic carbocycles. The largest absolute Gasteiger partial charge is 0.486 e. The summed E-state index contributed by atoms with van der Waals surface area (Å²) < 4.78 is 14.4. The van der Waals surface area contributed by atoms with Gasteiger partial charge in [0.25, 0.3) is 0 Å². The minimum Gasteiger partial charge on any atom is -0.486 e. The molecule has 0 atom stereocenters. The summed E-state index contributed by atoms with van der Waals surface area (Å²) in [6.07, 6.45) is 7.08. The van der Waals surface area contributed by atoms with Gasteiger partial charge in [0.1, 0.15) is 23.9 Å². The second-order valence-electron chi connectivity index (χ2n) is 6.38. The van der Waals surface area contributed by atoms with Crippen LogP contribution >= 0.6 is 15.9 Å². The summed E-state index contributed by atoms with van der Waals surface area (Å²) >= 11 is 3.39. The molecule has 4 rings (SSSR count). The molecule has 0 aliphatic heterocycles. The van der Waals surface area contributed by atoms with Crippen molar-refractivity contribution in [2.24, 2.45) is 0 Å². The Morgan fingerprint density at radius 3 is 2.59 bits per heavy atom. The predicted molar refractivity (Wildman–Crippen MR) is 116 cm³/mol. The molecular weight excluding hydrogens is 430 g/mol. The second-order valence-corrected chi connectivity index (χ2v) is 7.30. The minimum absolute atomic E-state index is 0.0805. The van der Waals surface area contributed by atoms with Crippen LogP contribution in [0.2, 0.25) is 0 Å². The first-order chi connectivity index (χ1) is 14.2. The van der Waals surface area contributed by atoms with Crippen LogP contribution < -0.4 is 4.74 Å². The van der Waals surface area contributed by atoms with E-state index in [1.54, 1.807) is 12.1 Å². The molecule has 0 aliphatic rings. The number of rotatable bonds is 7. The first-order valence-electron chi connectivity index (χ1n) is 9.10. The fourth-order valence-electron chi connectivity index (χ4n) is 2.83. The lowest BCUT2D eigenvalue weighted by molar-refractivity contribution is 0.104. The summed E-state index contributed by atoms with van der Waals surface area (Å²) in [5.41, 5.74) is 1.57. The Hall–Kier alpha value is -3.31. The normalized spacial score (nSPS) is 11.1. The Morgan fingerprint density at radius 2 is 1.79 bits per heavy atom. The van der Waals surface area contributed by atoms with E-state index in [9.17, 15) is 4.79 Å². The highest BCUT2D eigenvalue weighted by Gasteiger charge is 2.06. The summed E-state index contributed by atoms with van der Waals surface area (Å²) in [5.74, 6) is 1.98. The molecule has 0 amide bonds. The van der Waals surface area contributed by atoms with Gasteiger partial charge in [-0.1, -0.05) is 28.1 Å². The molecule has 2 aromatic heterocycles. The Bertz CT molecular complexity index is 1130. The van der Waals surface area contributed by atoms with Crippen molar-refractivity contribution in [3.05, 3.63) is 113 Å². The first-order valence-corrected chi connectivity index (χ1v) is 9.89. The number of ketones is 1. The Balaban J connectivity index is 1.38. The third-order valence-electron chi connectivity index (χ3n) is 4.31. The molecule has 29 heavy (non-hydrogen) atoms. The van der Waals surface area contributed by atoms with Crippen molar-refractivity contribution in [3.8, 4) is 11.4 Å². The van der Waals surface area contributed by atoms with Crippen LogP contribution in [0.5, 0.6) is 5.75 Å². The average molecular weight is 448 g/mol. The van der Waals surface area contributed by atoms with Gasteiger partial charge >= 0.3 is 0 Å². The summed E-state index contributed by atoms with van der Waals surface area (Å²) in [4.78, 5) is 12.5. The van der Waals surface area contributed by atoms with Crippen LogP contribution in [0.4, 0.5) is 0 Å². The maximum Gasteiger partial charge on any atom is 0.186 e. The molecule has 0 bridgehead atoms. The van der Waals surface area contributed by atoms with E-state index in [1.807, 2.05) is 83.7 Å². The zero-order valence-electron chi connectivity index (χ0n) is 15.5. The van der Waals surface area contributed by atoms with Crippen molar-refractivity contribution in [2.45, 2.75) is 6.61 Å². The Morgan fingerprint density at radius 1 is 1.00 bits per heavy atom. The van der Waals surface area contributed by atoms with Gasteiger partial charge in [0.05, 0.1) is 0 Å². The van der Waals surface area contributed by atoms with Crippen LogP contribution in [0, 0.1) is 0 Å². The van der Waals surface area contributed by atoms with Crippen molar-refractivity contribution in [2.75, 3.05) is 0 Å². The molecule has 0 aliphatic carbocycles. The van der Waals surface area contributed by atoms with Crippen LogP contribution in [0.1, 0.15) is 21.9 Å². The number of aromatic nitrogens is 1. The molecule has 4 aromatic rings. The van der Waals surface area contributed by atoms with E-state index >= 15 is 0 Å². The highest BCUT2D eigenvalue weighted by molar-refractivity contribution is 9.10. The van der Waals surface area contributed by atoms with Crippen molar-refractivity contribution in [1.82, 2.24) is 4.57 Å². The van der Waals surface area contributed by atoms with Crippen LogP contribution in [0.15, 0.2) is 100 Å². The molecule has 0 spiro atoms. The van der Waals surface area contributed by atoms with Gasteiger partial charge in [-0.25, -0.2) is 0 Å². The minimum atomic E-state index is -0.0805. The van der Waals surface area contributed by atoms with Crippen molar-refractivity contribution in [3.63, 3.8) is 0 Å². The molecule has 0 saturated heterocycles. The molecule has 0 radical (unpaired) electrons. The van der Waals surface area contributed by atoms with E-state index in [2.05, 4.69) is 15.9 Å². The molecule has 5 heteroatoms. The molecule has 0 saturated carbocycles. The molecule has 144 valence electrons. The van der Waals surface area contributed by atoms with Crippen LogP contribution in [-0.2, 0) is 6.61 Å². The molecule has 0 unspecified atom stereocenters. The lowest BCUT2D eigenvalue weighted by Gasteiger charge is -2.04. The number of carbonyl (C=O) groups is 1. The number of benzene rings is 2. The van der Waals surface area contributed by atoms with E-state index in [0.29, 0.717) is 23.7 Å². The number of nitrogens with zero attached hydrogens (tertiary/aromatic N) is 1. The molecular formula is C24H18BrNO3. The van der Waals surface area contributed by atoms with Gasteiger partial charge in [0, 0.05) is 28.1 Å². The highest BCUT2D eigenvalue weighted by atomic mass is 79.9. The Kier molecular flexibility index (Phi) is 5.77. The number of ether oxygens (including phenoxy) is 1. The third-order valence-corrected chi connectivity index (χ3v) is 4.84. The lowest BCUT2D eigenvalue weighted by Crippen LogP contribution is -1.97. The van der Waals surface area contributed by atoms with Crippen LogP contribution in [0.25, 0.3) is 11.8 Å². The number of halogens is 1. The summed E-state index contributed by atoms with van der Waals surface area (Å²) in [5, 5.41) is 0. The van der Waals surface area contributed by atoms with Crippen LogP contribution in [-0.4, -0.2) is 10.4 Å². The highest BCUT2D eigenvalue weighted by Crippen LogP contribution is 2.19. The molecule has 0 fully saturated rings. The third kappa shape index (κ3) is 4.95. The molecule has 4 nitrogen and oxygen atoms in total. The quantitative estimate of drug-likeness (QED) is 0.246. The summed E-state index contributed by atoms with van der Waals surface area (Å²) in [7, 11) is 0. The molecule has 2 heterocycles. The second kappa shape index (κ2) is 8.80. The summed E-state index contributed by atoms with van der Waals surface area (Å²) in [6, 6.07) is 22.7. The van der Waals surface area contributed by atoms with Gasteiger partial charge in [-0.3, -0.25) is 4.79 Å². The fourth-order valence-corrected chi connectivity index (χ4v) is 3.09. The van der Waals surface area contributed by atoms with Gasteiger partial charge in [0.15, 0.2) is 5.78 Å². The molecule has 0 N–H and O–H groups in total. The number of furan rings is 1. The maximum absolute atomic E-state index is 12.5. The van der Waals surface area contributed by atoms with E-state index in [0.717, 1.165) is 15.9 Å². The number of hydrogen-bond acceptors (Lipinski definition) is 3. The van der Waals surface area contributed by atoms with E-state index in [-0.39, 0.29) is 5.78 Å². The fraction of sp³-hybridized carbons (Fsp3) is 0.0417. The first kappa shape index (κ1) is 19.0. The van der Waals surface area contributed by atoms with Gasteiger partial charge in [0.2, 0.25) is 0 Å². The number of carbonyl (C=O) groups excluding carboxylic acids is 1.